The normalized spacial score (nSPS) is 27.3. The highest BCUT2D eigenvalue weighted by molar-refractivity contribution is 5.82. The number of amides is 1. The van der Waals surface area contributed by atoms with Crippen LogP contribution in [0.2, 0.25) is 0 Å². The first-order chi connectivity index (χ1) is 10.7. The summed E-state index contributed by atoms with van der Waals surface area (Å²) >= 11 is 0. The molecule has 1 aromatic rings. The summed E-state index contributed by atoms with van der Waals surface area (Å²) in [5.41, 5.74) is 2.19. The van der Waals surface area contributed by atoms with E-state index in [1.165, 1.54) is 25.7 Å². The molecule has 0 aromatic heterocycles. The molecule has 2 fully saturated rings. The summed E-state index contributed by atoms with van der Waals surface area (Å²) in [7, 11) is 1.68. The van der Waals surface area contributed by atoms with Crippen LogP contribution in [-0.4, -0.2) is 25.1 Å². The van der Waals surface area contributed by atoms with Gasteiger partial charge in [0, 0.05) is 12.6 Å². The van der Waals surface area contributed by atoms with Crippen molar-refractivity contribution in [2.24, 2.45) is 5.92 Å². The van der Waals surface area contributed by atoms with Crippen LogP contribution in [0.3, 0.4) is 0 Å². The van der Waals surface area contributed by atoms with Crippen LogP contribution in [0.5, 0.6) is 5.75 Å². The van der Waals surface area contributed by atoms with Gasteiger partial charge in [-0.1, -0.05) is 25.0 Å². The Kier molecular flexibility index (Phi) is 4.67. The summed E-state index contributed by atoms with van der Waals surface area (Å²) in [5, 5.41) is 6.59. The third-order valence-corrected chi connectivity index (χ3v) is 5.12. The van der Waals surface area contributed by atoms with Crippen LogP contribution in [0.1, 0.15) is 43.2 Å². The second-order valence-corrected chi connectivity index (χ2v) is 6.63. The number of methoxy groups -OCH3 is 1. The van der Waals surface area contributed by atoms with Gasteiger partial charge in [0.15, 0.2) is 0 Å². The monoisotopic (exact) mass is 302 g/mol. The van der Waals surface area contributed by atoms with Gasteiger partial charge in [-0.25, -0.2) is 0 Å². The fourth-order valence-corrected chi connectivity index (χ4v) is 3.81. The summed E-state index contributed by atoms with van der Waals surface area (Å²) in [5.74, 6) is 1.70. The van der Waals surface area contributed by atoms with E-state index < -0.39 is 0 Å². The van der Waals surface area contributed by atoms with Gasteiger partial charge >= 0.3 is 0 Å². The molecule has 1 aromatic carbocycles. The van der Waals surface area contributed by atoms with Gasteiger partial charge in [-0.05, 0) is 49.3 Å². The molecule has 1 heterocycles. The van der Waals surface area contributed by atoms with Gasteiger partial charge < -0.3 is 15.4 Å². The molecular formula is C18H26N2O2. The Hall–Kier alpha value is -1.55. The SMILES string of the molecule is COc1cc(CNC(=O)C2CC3CCCCC3N2)ccc1C. The highest BCUT2D eigenvalue weighted by Crippen LogP contribution is 2.33. The number of rotatable bonds is 4. The second-order valence-electron chi connectivity index (χ2n) is 6.63. The van der Waals surface area contributed by atoms with Crippen molar-refractivity contribution in [2.45, 2.75) is 57.7 Å². The largest absolute Gasteiger partial charge is 0.496 e. The van der Waals surface area contributed by atoms with Gasteiger partial charge in [-0.2, -0.15) is 0 Å². The number of aryl methyl sites for hydroxylation is 1. The number of nitrogens with one attached hydrogen (secondary N) is 2. The minimum atomic E-state index is -0.0135. The molecule has 1 amide bonds. The summed E-state index contributed by atoms with van der Waals surface area (Å²) in [6.45, 7) is 2.58. The Morgan fingerprint density at radius 3 is 2.95 bits per heavy atom. The molecular weight excluding hydrogens is 276 g/mol. The van der Waals surface area contributed by atoms with E-state index in [9.17, 15) is 4.79 Å². The first-order valence-corrected chi connectivity index (χ1v) is 8.34. The van der Waals surface area contributed by atoms with Gasteiger partial charge in [0.1, 0.15) is 5.75 Å². The quantitative estimate of drug-likeness (QED) is 0.898. The van der Waals surface area contributed by atoms with Crippen molar-refractivity contribution in [3.63, 3.8) is 0 Å². The first-order valence-electron chi connectivity index (χ1n) is 8.34. The van der Waals surface area contributed by atoms with E-state index in [1.807, 2.05) is 25.1 Å². The van der Waals surface area contributed by atoms with E-state index in [2.05, 4.69) is 10.6 Å². The number of hydrogen-bond donors (Lipinski definition) is 2. The standard InChI is InChI=1S/C18H26N2O2/c1-12-7-8-13(9-17(12)22-2)11-19-18(21)16-10-14-5-3-4-6-15(14)20-16/h7-9,14-16,20H,3-6,10-11H2,1-2H3,(H,19,21). The lowest BCUT2D eigenvalue weighted by atomic mass is 9.85. The maximum atomic E-state index is 12.4. The molecule has 3 rings (SSSR count). The van der Waals surface area contributed by atoms with Crippen molar-refractivity contribution in [1.29, 1.82) is 0 Å². The van der Waals surface area contributed by atoms with Gasteiger partial charge in [0.05, 0.1) is 13.2 Å². The molecule has 1 aliphatic heterocycles. The van der Waals surface area contributed by atoms with Crippen molar-refractivity contribution in [3.8, 4) is 5.75 Å². The van der Waals surface area contributed by atoms with Crippen molar-refractivity contribution in [1.82, 2.24) is 10.6 Å². The van der Waals surface area contributed by atoms with Crippen LogP contribution in [0.15, 0.2) is 18.2 Å². The van der Waals surface area contributed by atoms with Crippen LogP contribution >= 0.6 is 0 Å². The second kappa shape index (κ2) is 6.69. The van der Waals surface area contributed by atoms with E-state index >= 15 is 0 Å². The van der Waals surface area contributed by atoms with E-state index in [1.54, 1.807) is 7.11 Å². The molecule has 4 heteroatoms. The predicted molar refractivity (Wildman–Crippen MR) is 86.9 cm³/mol. The van der Waals surface area contributed by atoms with E-state index in [0.29, 0.717) is 18.5 Å². The van der Waals surface area contributed by atoms with Crippen molar-refractivity contribution < 1.29 is 9.53 Å². The van der Waals surface area contributed by atoms with Crippen LogP contribution in [0.4, 0.5) is 0 Å². The molecule has 1 saturated heterocycles. The Morgan fingerprint density at radius 1 is 1.36 bits per heavy atom. The van der Waals surface area contributed by atoms with Crippen LogP contribution in [-0.2, 0) is 11.3 Å². The van der Waals surface area contributed by atoms with Crippen LogP contribution in [0, 0.1) is 12.8 Å². The van der Waals surface area contributed by atoms with E-state index in [4.69, 9.17) is 4.74 Å². The van der Waals surface area contributed by atoms with E-state index in [-0.39, 0.29) is 11.9 Å². The molecule has 1 aliphatic carbocycles. The lowest BCUT2D eigenvalue weighted by Crippen LogP contribution is -2.42. The van der Waals surface area contributed by atoms with Gasteiger partial charge in [-0.3, -0.25) is 4.79 Å². The number of benzene rings is 1. The topological polar surface area (TPSA) is 50.4 Å². The Morgan fingerprint density at radius 2 is 2.18 bits per heavy atom. The minimum Gasteiger partial charge on any atom is -0.496 e. The highest BCUT2D eigenvalue weighted by atomic mass is 16.5. The average molecular weight is 302 g/mol. The molecule has 2 aliphatic rings. The zero-order valence-electron chi connectivity index (χ0n) is 13.5. The van der Waals surface area contributed by atoms with Gasteiger partial charge in [0.25, 0.3) is 0 Å². The van der Waals surface area contributed by atoms with Crippen molar-refractivity contribution in [3.05, 3.63) is 29.3 Å². The van der Waals surface area contributed by atoms with E-state index in [0.717, 1.165) is 23.3 Å². The molecule has 2 N–H and O–H groups in total. The third kappa shape index (κ3) is 3.27. The lowest BCUT2D eigenvalue weighted by Gasteiger charge is -2.24. The summed E-state index contributed by atoms with van der Waals surface area (Å²) < 4.78 is 5.33. The number of fused-ring (bicyclic) bond motifs is 1. The fraction of sp³-hybridized carbons (Fsp3) is 0.611. The average Bonchev–Trinajstić information content (AvgIpc) is 2.98. The fourth-order valence-electron chi connectivity index (χ4n) is 3.81. The Balaban J connectivity index is 1.54. The first kappa shape index (κ1) is 15.3. The zero-order chi connectivity index (χ0) is 15.5. The molecule has 0 radical (unpaired) electrons. The maximum absolute atomic E-state index is 12.4. The maximum Gasteiger partial charge on any atom is 0.237 e. The number of carbonyl (C=O) groups excluding carboxylic acids is 1. The summed E-state index contributed by atoms with van der Waals surface area (Å²) in [4.78, 5) is 12.4. The molecule has 1 saturated carbocycles. The smallest absolute Gasteiger partial charge is 0.237 e. The molecule has 22 heavy (non-hydrogen) atoms. The molecule has 4 nitrogen and oxygen atoms in total. The Labute approximate surface area is 132 Å². The van der Waals surface area contributed by atoms with Gasteiger partial charge in [0.2, 0.25) is 5.91 Å². The van der Waals surface area contributed by atoms with Crippen LogP contribution < -0.4 is 15.4 Å². The molecule has 3 atom stereocenters. The summed E-state index contributed by atoms with van der Waals surface area (Å²) in [6.07, 6.45) is 6.11. The van der Waals surface area contributed by atoms with Crippen molar-refractivity contribution >= 4 is 5.91 Å². The lowest BCUT2D eigenvalue weighted by molar-refractivity contribution is -0.123. The van der Waals surface area contributed by atoms with Crippen molar-refractivity contribution in [2.75, 3.05) is 7.11 Å². The number of carbonyl (C=O) groups is 1. The number of hydrogen-bond acceptors (Lipinski definition) is 3. The minimum absolute atomic E-state index is 0.0135. The van der Waals surface area contributed by atoms with Gasteiger partial charge in [-0.15, -0.1) is 0 Å². The zero-order valence-corrected chi connectivity index (χ0v) is 13.5. The molecule has 120 valence electrons. The van der Waals surface area contributed by atoms with Crippen LogP contribution in [0.25, 0.3) is 0 Å². The Bertz CT molecular complexity index is 530. The molecule has 0 spiro atoms. The predicted octanol–water partition coefficient (Wildman–Crippen LogP) is 2.54. The third-order valence-electron chi connectivity index (χ3n) is 5.12. The molecule has 3 unspecified atom stereocenters. The highest BCUT2D eigenvalue weighted by Gasteiger charge is 2.37. The molecule has 0 bridgehead atoms. The number of ether oxygens (including phenoxy) is 1. The summed E-state index contributed by atoms with van der Waals surface area (Å²) in [6, 6.07) is 6.62.